The monoisotopic (exact) mass is 451 g/mol. The summed E-state index contributed by atoms with van der Waals surface area (Å²) in [5.41, 5.74) is 0.838. The maximum Gasteiger partial charge on any atom is 0.280 e. The summed E-state index contributed by atoms with van der Waals surface area (Å²) >= 11 is 1.15. The van der Waals surface area contributed by atoms with E-state index in [4.69, 9.17) is 13.9 Å². The number of thioether (sulfide) groups is 1. The van der Waals surface area contributed by atoms with E-state index < -0.39 is 4.92 Å². The first-order valence-corrected chi connectivity index (χ1v) is 10.2. The number of nitrogens with zero attached hydrogens (tertiary/aromatic N) is 2. The van der Waals surface area contributed by atoms with E-state index in [2.05, 4.69) is 10.3 Å². The molecular formula is C22H17N3O6S. The average molecular weight is 451 g/mol. The molecule has 0 spiro atoms. The number of amides is 1. The fraction of sp³-hybridized carbons (Fsp3) is 0.0909. The number of para-hydroxylation sites is 1. The van der Waals surface area contributed by atoms with Crippen LogP contribution >= 0.6 is 11.8 Å². The normalized spacial score (nSPS) is 15.8. The van der Waals surface area contributed by atoms with Gasteiger partial charge in [0.1, 0.15) is 28.7 Å². The fourth-order valence-electron chi connectivity index (χ4n) is 3.01. The zero-order valence-electron chi connectivity index (χ0n) is 17.0. The molecule has 9 nitrogen and oxygen atoms in total. The summed E-state index contributed by atoms with van der Waals surface area (Å²) in [5.74, 6) is 1.53. The highest BCUT2D eigenvalue weighted by atomic mass is 32.2. The van der Waals surface area contributed by atoms with E-state index in [1.54, 1.807) is 61.7 Å². The molecule has 1 aromatic heterocycles. The summed E-state index contributed by atoms with van der Waals surface area (Å²) in [6.45, 7) is 0. The maximum atomic E-state index is 12.4. The SMILES string of the molecule is COc1ccc(N=C2NC(=O)C(=Cc3ccc(-c4ccccc4[N+](=O)[O-])o3)S2)c(OC)c1. The minimum atomic E-state index is -0.466. The third kappa shape index (κ3) is 4.35. The number of amidine groups is 1. The molecule has 3 aromatic rings. The van der Waals surface area contributed by atoms with Gasteiger partial charge in [-0.1, -0.05) is 12.1 Å². The van der Waals surface area contributed by atoms with Crippen LogP contribution in [0.5, 0.6) is 11.5 Å². The minimum Gasteiger partial charge on any atom is -0.497 e. The molecule has 1 saturated heterocycles. The van der Waals surface area contributed by atoms with Gasteiger partial charge in [-0.05, 0) is 42.1 Å². The van der Waals surface area contributed by atoms with Crippen LogP contribution in [0.4, 0.5) is 11.4 Å². The number of nitrogens with one attached hydrogen (secondary N) is 1. The molecule has 0 aliphatic carbocycles. The highest BCUT2D eigenvalue weighted by molar-refractivity contribution is 8.18. The van der Waals surface area contributed by atoms with Crippen molar-refractivity contribution in [2.75, 3.05) is 14.2 Å². The summed E-state index contributed by atoms with van der Waals surface area (Å²) in [4.78, 5) is 28.0. The van der Waals surface area contributed by atoms with Crippen LogP contribution < -0.4 is 14.8 Å². The molecule has 0 bridgehead atoms. The van der Waals surface area contributed by atoms with Gasteiger partial charge in [0.2, 0.25) is 0 Å². The quantitative estimate of drug-likeness (QED) is 0.326. The lowest BCUT2D eigenvalue weighted by Gasteiger charge is -2.07. The van der Waals surface area contributed by atoms with Gasteiger partial charge in [-0.15, -0.1) is 0 Å². The highest BCUT2D eigenvalue weighted by Gasteiger charge is 2.25. The van der Waals surface area contributed by atoms with Crippen LogP contribution in [0, 0.1) is 10.1 Å². The molecule has 0 radical (unpaired) electrons. The number of carbonyl (C=O) groups excluding carboxylic acids is 1. The Hall–Kier alpha value is -4.05. The second-order valence-corrected chi connectivity index (χ2v) is 7.53. The van der Waals surface area contributed by atoms with Gasteiger partial charge in [-0.25, -0.2) is 4.99 Å². The van der Waals surface area contributed by atoms with E-state index >= 15 is 0 Å². The molecule has 1 aliphatic rings. The molecule has 32 heavy (non-hydrogen) atoms. The number of carbonyl (C=O) groups is 1. The van der Waals surface area contributed by atoms with E-state index in [1.807, 2.05) is 0 Å². The van der Waals surface area contributed by atoms with Gasteiger partial charge in [-0.2, -0.15) is 0 Å². The molecular weight excluding hydrogens is 434 g/mol. The molecule has 2 aromatic carbocycles. The lowest BCUT2D eigenvalue weighted by molar-refractivity contribution is -0.384. The number of methoxy groups -OCH3 is 2. The molecule has 1 aliphatic heterocycles. The minimum absolute atomic E-state index is 0.0584. The zero-order valence-corrected chi connectivity index (χ0v) is 17.8. The van der Waals surface area contributed by atoms with Crippen molar-refractivity contribution in [3.05, 3.63) is 75.4 Å². The first-order chi connectivity index (χ1) is 15.5. The molecule has 0 atom stereocenters. The number of furan rings is 1. The van der Waals surface area contributed by atoms with Crippen molar-refractivity contribution in [1.82, 2.24) is 5.32 Å². The second kappa shape index (κ2) is 8.98. The van der Waals surface area contributed by atoms with Gasteiger partial charge < -0.3 is 19.2 Å². The number of hydrogen-bond donors (Lipinski definition) is 1. The topological polar surface area (TPSA) is 116 Å². The van der Waals surface area contributed by atoms with E-state index in [0.29, 0.717) is 44.3 Å². The van der Waals surface area contributed by atoms with Crippen molar-refractivity contribution in [3.8, 4) is 22.8 Å². The smallest absolute Gasteiger partial charge is 0.280 e. The van der Waals surface area contributed by atoms with Crippen LogP contribution in [0.15, 0.2) is 68.9 Å². The molecule has 2 heterocycles. The van der Waals surface area contributed by atoms with Gasteiger partial charge in [0.25, 0.3) is 11.6 Å². The number of nitro groups is 1. The Morgan fingerprint density at radius 2 is 1.94 bits per heavy atom. The molecule has 10 heteroatoms. The average Bonchev–Trinajstić information content (AvgIpc) is 3.40. The van der Waals surface area contributed by atoms with Gasteiger partial charge in [0.05, 0.1) is 29.6 Å². The predicted octanol–water partition coefficient (Wildman–Crippen LogP) is 4.76. The van der Waals surface area contributed by atoms with E-state index in [0.717, 1.165) is 11.8 Å². The number of rotatable bonds is 6. The Morgan fingerprint density at radius 1 is 1.12 bits per heavy atom. The van der Waals surface area contributed by atoms with Gasteiger partial charge in [0.15, 0.2) is 5.17 Å². The van der Waals surface area contributed by atoms with Crippen molar-refractivity contribution >= 4 is 40.3 Å². The third-order valence-corrected chi connectivity index (χ3v) is 5.44. The largest absolute Gasteiger partial charge is 0.497 e. The van der Waals surface area contributed by atoms with Crippen molar-refractivity contribution in [2.24, 2.45) is 4.99 Å². The molecule has 162 valence electrons. The van der Waals surface area contributed by atoms with Crippen LogP contribution in [-0.2, 0) is 4.79 Å². The molecule has 1 N–H and O–H groups in total. The van der Waals surface area contributed by atoms with Gasteiger partial charge in [0, 0.05) is 18.2 Å². The van der Waals surface area contributed by atoms with Gasteiger partial charge in [-0.3, -0.25) is 14.9 Å². The third-order valence-electron chi connectivity index (χ3n) is 4.53. The van der Waals surface area contributed by atoms with Crippen molar-refractivity contribution < 1.29 is 23.6 Å². The van der Waals surface area contributed by atoms with Crippen LogP contribution in [-0.4, -0.2) is 30.2 Å². The van der Waals surface area contributed by atoms with Crippen molar-refractivity contribution in [3.63, 3.8) is 0 Å². The van der Waals surface area contributed by atoms with Crippen LogP contribution in [0.2, 0.25) is 0 Å². The van der Waals surface area contributed by atoms with Crippen molar-refractivity contribution in [2.45, 2.75) is 0 Å². The zero-order chi connectivity index (χ0) is 22.7. The Labute approximate surface area is 186 Å². The predicted molar refractivity (Wildman–Crippen MR) is 121 cm³/mol. The lowest BCUT2D eigenvalue weighted by atomic mass is 10.1. The molecule has 1 fully saturated rings. The van der Waals surface area contributed by atoms with Gasteiger partial charge >= 0.3 is 0 Å². The second-order valence-electron chi connectivity index (χ2n) is 6.50. The summed E-state index contributed by atoms with van der Waals surface area (Å²) in [5, 5.41) is 14.3. The summed E-state index contributed by atoms with van der Waals surface area (Å²) in [6, 6.07) is 14.7. The first-order valence-electron chi connectivity index (χ1n) is 9.33. The molecule has 4 rings (SSSR count). The maximum absolute atomic E-state index is 12.4. The highest BCUT2D eigenvalue weighted by Crippen LogP contribution is 2.36. The molecule has 0 unspecified atom stereocenters. The van der Waals surface area contributed by atoms with Crippen molar-refractivity contribution in [1.29, 1.82) is 0 Å². The number of nitro benzene ring substituents is 1. The number of aliphatic imine (C=N–C) groups is 1. The number of hydrogen-bond acceptors (Lipinski definition) is 8. The van der Waals surface area contributed by atoms with E-state index in [1.165, 1.54) is 13.2 Å². The lowest BCUT2D eigenvalue weighted by Crippen LogP contribution is -2.19. The summed E-state index contributed by atoms with van der Waals surface area (Å²) in [7, 11) is 3.08. The summed E-state index contributed by atoms with van der Waals surface area (Å²) in [6.07, 6.45) is 1.56. The van der Waals surface area contributed by atoms with E-state index in [-0.39, 0.29) is 11.6 Å². The van der Waals surface area contributed by atoms with Crippen LogP contribution in [0.1, 0.15) is 5.76 Å². The molecule has 0 saturated carbocycles. The Balaban J connectivity index is 1.58. The first kappa shape index (κ1) is 21.2. The number of ether oxygens (including phenoxy) is 2. The Kier molecular flexibility index (Phi) is 5.95. The fourth-order valence-corrected chi connectivity index (χ4v) is 3.83. The van der Waals surface area contributed by atoms with Crippen LogP contribution in [0.25, 0.3) is 17.4 Å². The Bertz CT molecular complexity index is 1260. The van der Waals surface area contributed by atoms with Crippen LogP contribution in [0.3, 0.4) is 0 Å². The number of benzene rings is 2. The standard InChI is InChI=1S/C22H17N3O6S/c1-29-13-7-9-16(19(11-13)30-2)23-22-24-21(26)20(32-22)12-14-8-10-18(31-14)15-5-3-4-6-17(15)25(27)28/h3-12H,1-2H3,(H,23,24,26). The van der Waals surface area contributed by atoms with E-state index in [9.17, 15) is 14.9 Å². The molecule has 1 amide bonds. The Morgan fingerprint density at radius 3 is 2.69 bits per heavy atom. The summed E-state index contributed by atoms with van der Waals surface area (Å²) < 4.78 is 16.2.